The zero-order chi connectivity index (χ0) is 15.6. The molecule has 4 nitrogen and oxygen atoms in total. The number of aliphatic hydroxyl groups is 1. The number of para-hydroxylation sites is 2. The molecule has 1 aromatic carbocycles. The van der Waals surface area contributed by atoms with Crippen molar-refractivity contribution in [2.24, 2.45) is 0 Å². The molecule has 0 saturated heterocycles. The van der Waals surface area contributed by atoms with Gasteiger partial charge in [-0.25, -0.2) is 4.79 Å². The first kappa shape index (κ1) is 15.6. The molecule has 2 aromatic rings. The first-order valence-electron chi connectivity index (χ1n) is 6.76. The van der Waals surface area contributed by atoms with Gasteiger partial charge >= 0.3 is 11.9 Å². The van der Waals surface area contributed by atoms with Crippen LogP contribution in [0.4, 0.5) is 13.2 Å². The van der Waals surface area contributed by atoms with E-state index in [1.165, 1.54) is 9.13 Å². The summed E-state index contributed by atoms with van der Waals surface area (Å²) in [5.74, 6) is 0. The number of nitrogens with zero attached hydrogens (tertiary/aromatic N) is 2. The number of alkyl halides is 3. The van der Waals surface area contributed by atoms with E-state index in [1.807, 2.05) is 6.92 Å². The molecule has 1 atom stereocenters. The number of imidazole rings is 1. The molecule has 0 aliphatic rings. The van der Waals surface area contributed by atoms with Crippen molar-refractivity contribution in [1.29, 1.82) is 0 Å². The van der Waals surface area contributed by atoms with Crippen LogP contribution < -0.4 is 5.69 Å². The van der Waals surface area contributed by atoms with Gasteiger partial charge in [0.25, 0.3) is 0 Å². The molecular formula is C14H17F3N2O2. The van der Waals surface area contributed by atoms with E-state index in [2.05, 4.69) is 0 Å². The summed E-state index contributed by atoms with van der Waals surface area (Å²) in [6.07, 6.45) is -6.68. The molecular weight excluding hydrogens is 285 g/mol. The summed E-state index contributed by atoms with van der Waals surface area (Å²) >= 11 is 0. The van der Waals surface area contributed by atoms with Crippen LogP contribution in [0, 0.1) is 0 Å². The maximum atomic E-state index is 12.3. The van der Waals surface area contributed by atoms with E-state index in [1.54, 1.807) is 24.3 Å². The fourth-order valence-electron chi connectivity index (χ4n) is 2.43. The second-order valence-corrected chi connectivity index (χ2v) is 5.01. The lowest BCUT2D eigenvalue weighted by Gasteiger charge is -2.13. The van der Waals surface area contributed by atoms with Gasteiger partial charge in [-0.3, -0.25) is 9.13 Å². The van der Waals surface area contributed by atoms with E-state index in [-0.39, 0.29) is 12.2 Å². The van der Waals surface area contributed by atoms with E-state index >= 15 is 0 Å². The van der Waals surface area contributed by atoms with Gasteiger partial charge in [0, 0.05) is 6.54 Å². The zero-order valence-electron chi connectivity index (χ0n) is 11.6. The molecule has 0 saturated carbocycles. The van der Waals surface area contributed by atoms with Crippen molar-refractivity contribution in [1.82, 2.24) is 9.13 Å². The summed E-state index contributed by atoms with van der Waals surface area (Å²) in [6.45, 7) is 2.04. The van der Waals surface area contributed by atoms with Crippen LogP contribution in [0.3, 0.4) is 0 Å². The Kier molecular flexibility index (Phi) is 4.41. The first-order chi connectivity index (χ1) is 9.83. The minimum Gasteiger partial charge on any atom is -0.391 e. The highest BCUT2D eigenvalue weighted by atomic mass is 19.4. The molecule has 0 aliphatic heterocycles. The van der Waals surface area contributed by atoms with Crippen molar-refractivity contribution in [2.45, 2.75) is 45.1 Å². The number of hydrogen-bond donors (Lipinski definition) is 1. The standard InChI is InChI=1S/C14H17F3N2O2/c1-2-7-18-11-5-3-4-6-12(11)19(13(18)21)9-10(20)8-14(15,16)17/h3-6,10,20H,2,7-9H2,1H3/t10-/m0/s1. The average molecular weight is 302 g/mol. The van der Waals surface area contributed by atoms with Crippen LogP contribution in [0.15, 0.2) is 29.1 Å². The lowest BCUT2D eigenvalue weighted by molar-refractivity contribution is -0.154. The highest BCUT2D eigenvalue weighted by Gasteiger charge is 2.31. The molecule has 0 radical (unpaired) electrons. The van der Waals surface area contributed by atoms with Gasteiger partial charge in [0.2, 0.25) is 0 Å². The molecule has 1 heterocycles. The van der Waals surface area contributed by atoms with Crippen LogP contribution in [0.25, 0.3) is 11.0 Å². The van der Waals surface area contributed by atoms with E-state index in [0.29, 0.717) is 17.6 Å². The number of aliphatic hydroxyl groups excluding tert-OH is 1. The lowest BCUT2D eigenvalue weighted by Crippen LogP contribution is -2.31. The summed E-state index contributed by atoms with van der Waals surface area (Å²) in [5, 5.41) is 9.57. The number of rotatable bonds is 5. The maximum Gasteiger partial charge on any atom is 0.391 e. The molecule has 7 heteroatoms. The Hall–Kier alpha value is -1.76. The molecule has 0 amide bonds. The Morgan fingerprint density at radius 1 is 1.19 bits per heavy atom. The molecule has 0 fully saturated rings. The predicted octanol–water partition coefficient (Wildman–Crippen LogP) is 2.53. The smallest absolute Gasteiger partial charge is 0.391 e. The van der Waals surface area contributed by atoms with Crippen molar-refractivity contribution in [2.75, 3.05) is 0 Å². The van der Waals surface area contributed by atoms with Crippen LogP contribution in [-0.4, -0.2) is 26.5 Å². The summed E-state index contributed by atoms with van der Waals surface area (Å²) in [7, 11) is 0. The first-order valence-corrected chi connectivity index (χ1v) is 6.76. The Bertz CT molecular complexity index is 673. The van der Waals surface area contributed by atoms with Crippen LogP contribution >= 0.6 is 0 Å². The van der Waals surface area contributed by atoms with Crippen LogP contribution in [-0.2, 0) is 13.1 Å². The zero-order valence-corrected chi connectivity index (χ0v) is 11.6. The Morgan fingerprint density at radius 2 is 1.76 bits per heavy atom. The minimum atomic E-state index is -4.45. The summed E-state index contributed by atoms with van der Waals surface area (Å²) in [4.78, 5) is 12.3. The Morgan fingerprint density at radius 3 is 2.29 bits per heavy atom. The number of benzene rings is 1. The second-order valence-electron chi connectivity index (χ2n) is 5.01. The van der Waals surface area contributed by atoms with Crippen LogP contribution in [0.1, 0.15) is 19.8 Å². The fourth-order valence-corrected chi connectivity index (χ4v) is 2.43. The number of halogens is 3. The molecule has 21 heavy (non-hydrogen) atoms. The highest BCUT2D eigenvalue weighted by Crippen LogP contribution is 2.22. The Labute approximate surface area is 119 Å². The van der Waals surface area contributed by atoms with Gasteiger partial charge in [0.05, 0.1) is 30.1 Å². The van der Waals surface area contributed by atoms with Crippen LogP contribution in [0.5, 0.6) is 0 Å². The monoisotopic (exact) mass is 302 g/mol. The predicted molar refractivity (Wildman–Crippen MR) is 73.2 cm³/mol. The van der Waals surface area contributed by atoms with Crippen molar-refractivity contribution >= 4 is 11.0 Å². The normalized spacial score (nSPS) is 13.8. The largest absolute Gasteiger partial charge is 0.391 e. The quantitative estimate of drug-likeness (QED) is 0.922. The van der Waals surface area contributed by atoms with Crippen molar-refractivity contribution < 1.29 is 18.3 Å². The summed E-state index contributed by atoms with van der Waals surface area (Å²) in [6, 6.07) is 6.90. The van der Waals surface area contributed by atoms with Gasteiger partial charge in [-0.05, 0) is 18.6 Å². The van der Waals surface area contributed by atoms with Crippen molar-refractivity contribution in [3.63, 3.8) is 0 Å². The highest BCUT2D eigenvalue weighted by molar-refractivity contribution is 5.75. The third-order valence-corrected chi connectivity index (χ3v) is 3.23. The van der Waals surface area contributed by atoms with E-state index in [9.17, 15) is 23.1 Å². The number of fused-ring (bicyclic) bond motifs is 1. The molecule has 1 aromatic heterocycles. The maximum absolute atomic E-state index is 12.3. The van der Waals surface area contributed by atoms with Crippen molar-refractivity contribution in [3.05, 3.63) is 34.7 Å². The molecule has 0 spiro atoms. The fraction of sp³-hybridized carbons (Fsp3) is 0.500. The Balaban J connectivity index is 2.40. The summed E-state index contributed by atoms with van der Waals surface area (Å²) in [5.41, 5.74) is 0.819. The number of hydrogen-bond acceptors (Lipinski definition) is 2. The molecule has 1 N–H and O–H groups in total. The van der Waals surface area contributed by atoms with E-state index < -0.39 is 18.7 Å². The third kappa shape index (κ3) is 3.47. The van der Waals surface area contributed by atoms with Gasteiger partial charge < -0.3 is 5.11 Å². The molecule has 0 aliphatic carbocycles. The second kappa shape index (κ2) is 5.93. The van der Waals surface area contributed by atoms with Crippen LogP contribution in [0.2, 0.25) is 0 Å². The van der Waals surface area contributed by atoms with Gasteiger partial charge in [-0.2, -0.15) is 13.2 Å². The molecule has 0 unspecified atom stereocenters. The SMILES string of the molecule is CCCn1c(=O)n(C[C@@H](O)CC(F)(F)F)c2ccccc21. The summed E-state index contributed by atoms with van der Waals surface area (Å²) < 4.78 is 39.6. The topological polar surface area (TPSA) is 47.2 Å². The molecule has 0 bridgehead atoms. The van der Waals surface area contributed by atoms with Crippen molar-refractivity contribution in [3.8, 4) is 0 Å². The molecule has 2 rings (SSSR count). The lowest BCUT2D eigenvalue weighted by atomic mass is 10.2. The number of aryl methyl sites for hydroxylation is 1. The van der Waals surface area contributed by atoms with Gasteiger partial charge in [0.1, 0.15) is 0 Å². The average Bonchev–Trinajstić information content (AvgIpc) is 2.63. The van der Waals surface area contributed by atoms with Gasteiger partial charge in [-0.15, -0.1) is 0 Å². The third-order valence-electron chi connectivity index (χ3n) is 3.23. The van der Waals surface area contributed by atoms with E-state index in [0.717, 1.165) is 6.42 Å². The van der Waals surface area contributed by atoms with Gasteiger partial charge in [-0.1, -0.05) is 19.1 Å². The molecule has 116 valence electrons. The minimum absolute atomic E-state index is 0.366. The van der Waals surface area contributed by atoms with E-state index in [4.69, 9.17) is 0 Å². The number of aromatic nitrogens is 2. The van der Waals surface area contributed by atoms with Gasteiger partial charge in [0.15, 0.2) is 0 Å².